The molecule has 0 aliphatic carbocycles. The lowest BCUT2D eigenvalue weighted by Gasteiger charge is -2.07. The Kier molecular flexibility index (Phi) is 6.13. The number of phenolic OH excluding ortho intramolecular Hbond substituents is 2. The molecule has 39 heavy (non-hydrogen) atoms. The number of hydrogen-bond acceptors (Lipinski definition) is 5. The highest BCUT2D eigenvalue weighted by Gasteiger charge is 2.22. The Labute approximate surface area is 224 Å². The van der Waals surface area contributed by atoms with Gasteiger partial charge in [0, 0.05) is 30.3 Å². The molecule has 0 unspecified atom stereocenters. The van der Waals surface area contributed by atoms with Crippen molar-refractivity contribution >= 4 is 22.5 Å². The van der Waals surface area contributed by atoms with E-state index in [-0.39, 0.29) is 23.8 Å². The molecule has 3 aromatic heterocycles. The zero-order valence-electron chi connectivity index (χ0n) is 21.2. The number of amides is 1. The number of phenols is 2. The first-order valence-corrected chi connectivity index (χ1v) is 12.6. The number of rotatable bonds is 6. The number of benzene rings is 3. The molecular formula is C31H26N5O3+. The second-order valence-electron chi connectivity index (χ2n) is 9.43. The van der Waals surface area contributed by atoms with Crippen molar-refractivity contribution in [2.75, 3.05) is 0 Å². The van der Waals surface area contributed by atoms with Gasteiger partial charge in [-0.1, -0.05) is 53.2 Å². The number of aromatic nitrogens is 4. The highest BCUT2D eigenvalue weighted by Crippen LogP contribution is 2.26. The number of pyridine rings is 2. The zero-order valence-corrected chi connectivity index (χ0v) is 21.2. The van der Waals surface area contributed by atoms with Gasteiger partial charge in [-0.3, -0.25) is 9.78 Å². The van der Waals surface area contributed by atoms with Gasteiger partial charge in [-0.25, -0.2) is 4.40 Å². The van der Waals surface area contributed by atoms with Crippen LogP contribution in [0, 0.1) is 6.92 Å². The molecule has 8 nitrogen and oxygen atoms in total. The lowest BCUT2D eigenvalue weighted by molar-refractivity contribution is -0.519. The summed E-state index contributed by atoms with van der Waals surface area (Å²) in [5.74, 6) is 0.227. The second kappa shape index (κ2) is 9.90. The van der Waals surface area contributed by atoms with E-state index in [4.69, 9.17) is 10.1 Å². The van der Waals surface area contributed by atoms with E-state index in [1.54, 1.807) is 6.07 Å². The lowest BCUT2D eigenvalue weighted by Crippen LogP contribution is -2.24. The van der Waals surface area contributed by atoms with Crippen LogP contribution in [0.25, 0.3) is 33.4 Å². The standard InChI is InChI=1S/C31H25N5O3/c1-20-34-36(31-26-17-24(23-5-3-2-4-6-23)19-32-27(26)13-14-35(20)31)25-10-7-21(8-11-25)18-33-30(39)16-22-9-12-28(37)29(38)15-22/h2-15,17,19H,16,18H2,1H3,(H2-,33,37,38,39)/p+1. The molecule has 0 saturated carbocycles. The summed E-state index contributed by atoms with van der Waals surface area (Å²) in [5.41, 5.74) is 6.41. The van der Waals surface area contributed by atoms with Gasteiger partial charge < -0.3 is 15.5 Å². The Morgan fingerprint density at radius 3 is 2.44 bits per heavy atom. The molecule has 6 aromatic rings. The van der Waals surface area contributed by atoms with Crippen molar-refractivity contribution in [2.45, 2.75) is 19.9 Å². The molecule has 3 aromatic carbocycles. The molecule has 0 bridgehead atoms. The maximum atomic E-state index is 12.4. The number of carbonyl (C=O) groups is 1. The molecule has 0 aliphatic rings. The largest absolute Gasteiger partial charge is 0.504 e. The fourth-order valence-corrected chi connectivity index (χ4v) is 4.70. The highest BCUT2D eigenvalue weighted by atomic mass is 16.3. The topological polar surface area (TPSA) is 104 Å². The minimum absolute atomic E-state index is 0.105. The van der Waals surface area contributed by atoms with Crippen LogP contribution >= 0.6 is 0 Å². The number of nitrogens with one attached hydrogen (secondary N) is 1. The molecule has 1 amide bonds. The third-order valence-electron chi connectivity index (χ3n) is 6.75. The number of fused-ring (bicyclic) bond motifs is 3. The van der Waals surface area contributed by atoms with Crippen molar-refractivity contribution < 1.29 is 19.4 Å². The van der Waals surface area contributed by atoms with Crippen LogP contribution < -0.4 is 9.72 Å². The van der Waals surface area contributed by atoms with Gasteiger partial charge >= 0.3 is 0 Å². The molecule has 0 aliphatic heterocycles. The van der Waals surface area contributed by atoms with E-state index in [0.29, 0.717) is 12.1 Å². The molecule has 0 saturated heterocycles. The lowest BCUT2D eigenvalue weighted by atomic mass is 10.1. The minimum Gasteiger partial charge on any atom is -0.504 e. The smallest absolute Gasteiger partial charge is 0.280 e. The Hall–Kier alpha value is -5.24. The highest BCUT2D eigenvalue weighted by molar-refractivity contribution is 5.92. The van der Waals surface area contributed by atoms with Gasteiger partial charge in [-0.05, 0) is 53.1 Å². The maximum Gasteiger partial charge on any atom is 0.280 e. The number of hydrogen-bond donors (Lipinski definition) is 3. The van der Waals surface area contributed by atoms with Gasteiger partial charge in [-0.15, -0.1) is 0 Å². The average Bonchev–Trinajstić information content (AvgIpc) is 3.31. The SMILES string of the molecule is Cc1nn(-c2ccc(CNC(=O)Cc3ccc(O)c(O)c3)cc2)c2c3cc(-c4ccccc4)cnc3cc[n+]12. The van der Waals surface area contributed by atoms with Crippen molar-refractivity contribution in [1.82, 2.24) is 20.1 Å². The van der Waals surface area contributed by atoms with E-state index in [2.05, 4.69) is 27.9 Å². The van der Waals surface area contributed by atoms with E-state index in [1.807, 2.05) is 72.5 Å². The van der Waals surface area contributed by atoms with E-state index >= 15 is 0 Å². The van der Waals surface area contributed by atoms with Crippen LogP contribution in [0.15, 0.2) is 97.3 Å². The Morgan fingerprint density at radius 2 is 1.67 bits per heavy atom. The van der Waals surface area contributed by atoms with Crippen LogP contribution in [-0.4, -0.2) is 30.9 Å². The number of nitrogens with zero attached hydrogens (tertiary/aromatic N) is 4. The average molecular weight is 517 g/mol. The van der Waals surface area contributed by atoms with Gasteiger partial charge in [-0.2, -0.15) is 0 Å². The summed E-state index contributed by atoms with van der Waals surface area (Å²) in [6.45, 7) is 2.34. The number of carbonyl (C=O) groups excluding carboxylic acids is 1. The number of aromatic hydroxyl groups is 2. The van der Waals surface area contributed by atoms with Crippen molar-refractivity contribution in [3.05, 3.63) is 114 Å². The van der Waals surface area contributed by atoms with Crippen LogP contribution in [0.5, 0.6) is 11.5 Å². The third-order valence-corrected chi connectivity index (χ3v) is 6.75. The van der Waals surface area contributed by atoms with E-state index < -0.39 is 0 Å². The quantitative estimate of drug-likeness (QED) is 0.225. The molecule has 0 spiro atoms. The summed E-state index contributed by atoms with van der Waals surface area (Å²) < 4.78 is 3.99. The van der Waals surface area contributed by atoms with Crippen molar-refractivity contribution in [3.8, 4) is 28.3 Å². The molecule has 6 rings (SSSR count). The van der Waals surface area contributed by atoms with Gasteiger partial charge in [0.2, 0.25) is 5.91 Å². The molecular weight excluding hydrogens is 490 g/mol. The molecule has 8 heteroatoms. The molecule has 3 heterocycles. The Balaban J connectivity index is 1.26. The van der Waals surface area contributed by atoms with Crippen molar-refractivity contribution in [3.63, 3.8) is 0 Å². The molecule has 192 valence electrons. The van der Waals surface area contributed by atoms with Crippen LogP contribution in [0.1, 0.15) is 17.0 Å². The van der Waals surface area contributed by atoms with Crippen LogP contribution in [0.4, 0.5) is 0 Å². The van der Waals surface area contributed by atoms with E-state index in [1.165, 1.54) is 12.1 Å². The Bertz CT molecular complexity index is 1830. The summed E-state index contributed by atoms with van der Waals surface area (Å²) in [6, 6.07) is 26.6. The van der Waals surface area contributed by atoms with Crippen LogP contribution in [0.3, 0.4) is 0 Å². The van der Waals surface area contributed by atoms with Gasteiger partial charge in [0.15, 0.2) is 11.5 Å². The fraction of sp³-hybridized carbons (Fsp3) is 0.0968. The number of aryl methyl sites for hydroxylation is 1. The predicted molar refractivity (Wildman–Crippen MR) is 148 cm³/mol. The van der Waals surface area contributed by atoms with Gasteiger partial charge in [0.1, 0.15) is 5.69 Å². The summed E-state index contributed by atoms with van der Waals surface area (Å²) in [5, 5.41) is 27.8. The summed E-state index contributed by atoms with van der Waals surface area (Å²) >= 11 is 0. The first-order chi connectivity index (χ1) is 19.0. The van der Waals surface area contributed by atoms with Crippen molar-refractivity contribution in [1.29, 1.82) is 0 Å². The minimum atomic E-state index is -0.240. The zero-order chi connectivity index (χ0) is 26.9. The first kappa shape index (κ1) is 24.1. The van der Waals surface area contributed by atoms with Crippen LogP contribution in [0.2, 0.25) is 0 Å². The van der Waals surface area contributed by atoms with E-state index in [9.17, 15) is 15.0 Å². The first-order valence-electron chi connectivity index (χ1n) is 12.6. The second-order valence-corrected chi connectivity index (χ2v) is 9.43. The summed E-state index contributed by atoms with van der Waals surface area (Å²) in [6.07, 6.45) is 3.99. The predicted octanol–water partition coefficient (Wildman–Crippen LogP) is 4.40. The summed E-state index contributed by atoms with van der Waals surface area (Å²) in [7, 11) is 0. The van der Waals surface area contributed by atoms with Gasteiger partial charge in [0.25, 0.3) is 11.5 Å². The molecule has 0 radical (unpaired) electrons. The molecule has 3 N–H and O–H groups in total. The summed E-state index contributed by atoms with van der Waals surface area (Å²) in [4.78, 5) is 17.1. The Morgan fingerprint density at radius 1 is 0.897 bits per heavy atom. The van der Waals surface area contributed by atoms with Crippen molar-refractivity contribution in [2.24, 2.45) is 0 Å². The van der Waals surface area contributed by atoms with E-state index in [0.717, 1.165) is 44.8 Å². The fourth-order valence-electron chi connectivity index (χ4n) is 4.70. The normalized spacial score (nSPS) is 11.2. The maximum absolute atomic E-state index is 12.4. The van der Waals surface area contributed by atoms with Gasteiger partial charge in [0.05, 0.1) is 23.5 Å². The van der Waals surface area contributed by atoms with Crippen LogP contribution in [-0.2, 0) is 17.8 Å². The molecule has 0 fully saturated rings. The monoisotopic (exact) mass is 516 g/mol. The third kappa shape index (κ3) is 4.75. The molecule has 0 atom stereocenters.